The quantitative estimate of drug-likeness (QED) is 0.560. The van der Waals surface area contributed by atoms with E-state index in [4.69, 9.17) is 0 Å². The number of aromatic nitrogens is 5. The maximum atomic E-state index is 12.2. The molecule has 4 aromatic heterocycles. The summed E-state index contributed by atoms with van der Waals surface area (Å²) in [5.74, 6) is -0.185. The molecule has 0 saturated carbocycles. The molecule has 0 atom stereocenters. The van der Waals surface area contributed by atoms with Crippen LogP contribution in [0, 0.1) is 0 Å². The van der Waals surface area contributed by atoms with Gasteiger partial charge in [-0.25, -0.2) is 0 Å². The fourth-order valence-electron chi connectivity index (χ4n) is 2.87. The highest BCUT2D eigenvalue weighted by Crippen LogP contribution is 2.34. The zero-order chi connectivity index (χ0) is 18.6. The van der Waals surface area contributed by atoms with Crippen LogP contribution < -0.4 is 5.32 Å². The Morgan fingerprint density at radius 1 is 1.22 bits per heavy atom. The average Bonchev–Trinajstić information content (AvgIpc) is 3.42. The normalized spacial score (nSPS) is 10.9. The molecular formula is C19H18N6OS. The van der Waals surface area contributed by atoms with Crippen molar-refractivity contribution < 1.29 is 4.79 Å². The van der Waals surface area contributed by atoms with Gasteiger partial charge in [-0.05, 0) is 35.2 Å². The van der Waals surface area contributed by atoms with Gasteiger partial charge in [0.25, 0.3) is 5.91 Å². The Hall–Kier alpha value is -3.26. The Morgan fingerprint density at radius 3 is 2.78 bits per heavy atom. The number of carbonyl (C=O) groups is 1. The second-order valence-electron chi connectivity index (χ2n) is 5.97. The average molecular weight is 378 g/mol. The molecule has 1 amide bonds. The van der Waals surface area contributed by atoms with Gasteiger partial charge in [0.1, 0.15) is 5.69 Å². The second kappa shape index (κ2) is 7.55. The largest absolute Gasteiger partial charge is 0.349 e. The highest BCUT2D eigenvalue weighted by Gasteiger charge is 2.16. The third-order valence-electron chi connectivity index (χ3n) is 4.14. The van der Waals surface area contributed by atoms with Gasteiger partial charge < -0.3 is 5.32 Å². The van der Waals surface area contributed by atoms with E-state index in [9.17, 15) is 4.79 Å². The Morgan fingerprint density at radius 2 is 2.07 bits per heavy atom. The molecule has 0 aliphatic rings. The van der Waals surface area contributed by atoms with Crippen LogP contribution in [0.4, 0.5) is 0 Å². The van der Waals surface area contributed by atoms with Gasteiger partial charge in [0, 0.05) is 37.7 Å². The summed E-state index contributed by atoms with van der Waals surface area (Å²) >= 11 is 1.67. The number of hydrogen-bond acceptors (Lipinski definition) is 5. The highest BCUT2D eigenvalue weighted by molar-refractivity contribution is 7.13. The molecule has 1 N–H and O–H groups in total. The number of carbonyl (C=O) groups excluding carboxylic acids is 1. The summed E-state index contributed by atoms with van der Waals surface area (Å²) in [6.07, 6.45) is 7.17. The highest BCUT2D eigenvalue weighted by atomic mass is 32.1. The smallest absolute Gasteiger partial charge is 0.271 e. The molecule has 7 nitrogen and oxygen atoms in total. The molecule has 0 radical (unpaired) electrons. The van der Waals surface area contributed by atoms with Crippen LogP contribution in [0.2, 0.25) is 0 Å². The second-order valence-corrected chi connectivity index (χ2v) is 6.92. The minimum Gasteiger partial charge on any atom is -0.349 e. The number of nitrogens with one attached hydrogen (secondary N) is 1. The molecule has 0 unspecified atom stereocenters. The van der Waals surface area contributed by atoms with Crippen LogP contribution in [0.3, 0.4) is 0 Å². The van der Waals surface area contributed by atoms with Crippen LogP contribution in [-0.2, 0) is 13.6 Å². The lowest BCUT2D eigenvalue weighted by molar-refractivity contribution is 0.0946. The van der Waals surface area contributed by atoms with Crippen molar-refractivity contribution in [2.75, 3.05) is 6.54 Å². The van der Waals surface area contributed by atoms with Crippen molar-refractivity contribution in [2.24, 2.45) is 7.05 Å². The van der Waals surface area contributed by atoms with Crippen LogP contribution in [0.25, 0.3) is 21.7 Å². The molecule has 0 bridgehead atoms. The molecular weight excluding hydrogens is 360 g/mol. The summed E-state index contributed by atoms with van der Waals surface area (Å²) < 4.78 is 3.54. The van der Waals surface area contributed by atoms with Gasteiger partial charge in [0.05, 0.1) is 23.3 Å². The van der Waals surface area contributed by atoms with E-state index in [0.717, 1.165) is 21.7 Å². The van der Waals surface area contributed by atoms with E-state index in [1.165, 1.54) is 0 Å². The standard InChI is InChI=1S/C19H18N6OS/c1-24-10-6-16(23-24)19(26)21-9-11-25-18(17-3-2-12-27-17)15(13-22-25)14-4-7-20-8-5-14/h2-8,10,12-13H,9,11H2,1H3,(H,21,26). The topological polar surface area (TPSA) is 77.6 Å². The van der Waals surface area contributed by atoms with E-state index in [-0.39, 0.29) is 5.91 Å². The molecule has 0 spiro atoms. The molecule has 0 aromatic carbocycles. The molecule has 4 heterocycles. The number of hydrogen-bond donors (Lipinski definition) is 1. The van der Waals surface area contributed by atoms with Gasteiger partial charge in [-0.1, -0.05) is 6.07 Å². The zero-order valence-corrected chi connectivity index (χ0v) is 15.6. The molecule has 4 rings (SSSR count). The first-order valence-corrected chi connectivity index (χ1v) is 9.38. The number of rotatable bonds is 6. The van der Waals surface area contributed by atoms with Crippen molar-refractivity contribution in [2.45, 2.75) is 6.54 Å². The van der Waals surface area contributed by atoms with Crippen molar-refractivity contribution in [3.8, 4) is 21.7 Å². The van der Waals surface area contributed by atoms with E-state index in [0.29, 0.717) is 18.8 Å². The van der Waals surface area contributed by atoms with Crippen LogP contribution in [0.5, 0.6) is 0 Å². The van der Waals surface area contributed by atoms with Gasteiger partial charge in [-0.2, -0.15) is 10.2 Å². The third kappa shape index (κ3) is 3.65. The molecule has 0 aliphatic carbocycles. The molecule has 0 aliphatic heterocycles. The van der Waals surface area contributed by atoms with Gasteiger partial charge in [-0.3, -0.25) is 19.1 Å². The lowest BCUT2D eigenvalue weighted by Gasteiger charge is -2.09. The van der Waals surface area contributed by atoms with Crippen molar-refractivity contribution in [1.29, 1.82) is 0 Å². The molecule has 27 heavy (non-hydrogen) atoms. The Kier molecular flexibility index (Phi) is 4.80. The maximum Gasteiger partial charge on any atom is 0.271 e. The van der Waals surface area contributed by atoms with E-state index < -0.39 is 0 Å². The van der Waals surface area contributed by atoms with Gasteiger partial charge >= 0.3 is 0 Å². The number of thiophene rings is 1. The molecule has 0 saturated heterocycles. The van der Waals surface area contributed by atoms with Gasteiger partial charge in [0.15, 0.2) is 0 Å². The molecule has 8 heteroatoms. The van der Waals surface area contributed by atoms with E-state index >= 15 is 0 Å². The fraction of sp³-hybridized carbons (Fsp3) is 0.158. The Labute approximate surface area is 160 Å². The summed E-state index contributed by atoms with van der Waals surface area (Å²) in [7, 11) is 1.79. The number of nitrogens with zero attached hydrogens (tertiary/aromatic N) is 5. The molecule has 0 fully saturated rings. The van der Waals surface area contributed by atoms with Crippen LogP contribution in [-0.4, -0.2) is 37.0 Å². The maximum absolute atomic E-state index is 12.2. The van der Waals surface area contributed by atoms with Crippen LogP contribution in [0.1, 0.15) is 10.5 Å². The third-order valence-corrected chi connectivity index (χ3v) is 5.02. The lowest BCUT2D eigenvalue weighted by atomic mass is 10.1. The number of pyridine rings is 1. The first-order chi connectivity index (χ1) is 13.2. The van der Waals surface area contributed by atoms with Crippen molar-refractivity contribution in [1.82, 2.24) is 29.9 Å². The summed E-state index contributed by atoms with van der Waals surface area (Å²) in [5.41, 5.74) is 3.57. The van der Waals surface area contributed by atoms with E-state index in [1.54, 1.807) is 47.7 Å². The number of amides is 1. The van der Waals surface area contributed by atoms with Crippen molar-refractivity contribution >= 4 is 17.2 Å². The predicted octanol–water partition coefficient (Wildman–Crippen LogP) is 2.84. The van der Waals surface area contributed by atoms with Crippen molar-refractivity contribution in [3.63, 3.8) is 0 Å². The van der Waals surface area contributed by atoms with Gasteiger partial charge in [0.2, 0.25) is 0 Å². The minimum atomic E-state index is -0.185. The van der Waals surface area contributed by atoms with Gasteiger partial charge in [-0.15, -0.1) is 11.3 Å². The summed E-state index contributed by atoms with van der Waals surface area (Å²) in [6, 6.07) is 9.75. The predicted molar refractivity (Wildman–Crippen MR) is 104 cm³/mol. The first-order valence-electron chi connectivity index (χ1n) is 8.50. The summed E-state index contributed by atoms with van der Waals surface area (Å²) in [6.45, 7) is 1.03. The molecule has 4 aromatic rings. The van der Waals surface area contributed by atoms with E-state index in [1.807, 2.05) is 34.5 Å². The fourth-order valence-corrected chi connectivity index (χ4v) is 3.66. The zero-order valence-electron chi connectivity index (χ0n) is 14.7. The Balaban J connectivity index is 1.54. The monoisotopic (exact) mass is 378 g/mol. The Bertz CT molecular complexity index is 1040. The minimum absolute atomic E-state index is 0.185. The summed E-state index contributed by atoms with van der Waals surface area (Å²) in [4.78, 5) is 17.4. The van der Waals surface area contributed by atoms with Crippen LogP contribution >= 0.6 is 11.3 Å². The molecule has 136 valence electrons. The first kappa shape index (κ1) is 17.2. The lowest BCUT2D eigenvalue weighted by Crippen LogP contribution is -2.28. The van der Waals surface area contributed by atoms with Crippen LogP contribution in [0.15, 0.2) is 60.5 Å². The van der Waals surface area contributed by atoms with E-state index in [2.05, 4.69) is 26.6 Å². The number of aryl methyl sites for hydroxylation is 1. The summed E-state index contributed by atoms with van der Waals surface area (Å²) in [5, 5.41) is 13.6. The van der Waals surface area contributed by atoms with Crippen molar-refractivity contribution in [3.05, 3.63) is 66.2 Å². The SMILES string of the molecule is Cn1ccc(C(=O)NCCn2ncc(-c3ccncc3)c2-c2cccs2)n1.